The molecule has 4 N–H and O–H groups in total. The van der Waals surface area contributed by atoms with Crippen molar-refractivity contribution >= 4 is 11.9 Å². The van der Waals surface area contributed by atoms with Crippen LogP contribution >= 0.6 is 0 Å². The number of urea groups is 1. The Hall–Kier alpha value is -2.83. The Morgan fingerprint density at radius 3 is 2.64 bits per heavy atom. The van der Waals surface area contributed by atoms with Crippen LogP contribution in [0.4, 0.5) is 9.18 Å². The molecule has 0 aliphatic rings. The van der Waals surface area contributed by atoms with E-state index in [2.05, 4.69) is 10.6 Å². The number of carbonyl (C=O) groups is 2. The average Bonchev–Trinajstić information content (AvgIpc) is 2.98. The molecule has 7 heteroatoms. The molecule has 2 aromatic rings. The molecular formula is C15H16FN3O3. The SMILES string of the molecule is NC(=O)N[C@@H](CC(=O)NCc1ccco1)c1ccccc1F. The lowest BCUT2D eigenvalue weighted by Crippen LogP contribution is -2.37. The molecule has 0 spiro atoms. The number of nitrogens with one attached hydrogen (secondary N) is 2. The number of halogens is 1. The topological polar surface area (TPSA) is 97.4 Å². The molecule has 1 aromatic heterocycles. The Balaban J connectivity index is 2.01. The molecule has 0 aliphatic carbocycles. The zero-order chi connectivity index (χ0) is 15.9. The lowest BCUT2D eigenvalue weighted by Gasteiger charge is -2.18. The highest BCUT2D eigenvalue weighted by molar-refractivity contribution is 5.78. The molecule has 6 nitrogen and oxygen atoms in total. The van der Waals surface area contributed by atoms with Gasteiger partial charge >= 0.3 is 6.03 Å². The average molecular weight is 305 g/mol. The van der Waals surface area contributed by atoms with E-state index >= 15 is 0 Å². The minimum Gasteiger partial charge on any atom is -0.467 e. The van der Waals surface area contributed by atoms with E-state index in [0.29, 0.717) is 5.76 Å². The molecule has 116 valence electrons. The molecule has 0 unspecified atom stereocenters. The van der Waals surface area contributed by atoms with Gasteiger partial charge in [0.15, 0.2) is 0 Å². The quantitative estimate of drug-likeness (QED) is 0.759. The van der Waals surface area contributed by atoms with E-state index in [4.69, 9.17) is 10.2 Å². The molecule has 3 amide bonds. The monoisotopic (exact) mass is 305 g/mol. The normalized spacial score (nSPS) is 11.7. The van der Waals surface area contributed by atoms with Crippen molar-refractivity contribution in [2.75, 3.05) is 0 Å². The summed E-state index contributed by atoms with van der Waals surface area (Å²) in [5.41, 5.74) is 5.29. The summed E-state index contributed by atoms with van der Waals surface area (Å²) in [5.74, 6) is -0.280. The highest BCUT2D eigenvalue weighted by Crippen LogP contribution is 2.20. The Bertz CT molecular complexity index is 643. The highest BCUT2D eigenvalue weighted by Gasteiger charge is 2.20. The molecule has 0 saturated carbocycles. The molecule has 0 radical (unpaired) electrons. The summed E-state index contributed by atoms with van der Waals surface area (Å²) in [6.07, 6.45) is 1.36. The van der Waals surface area contributed by atoms with E-state index in [1.54, 1.807) is 18.2 Å². The van der Waals surface area contributed by atoms with Crippen molar-refractivity contribution in [2.45, 2.75) is 19.0 Å². The summed E-state index contributed by atoms with van der Waals surface area (Å²) in [7, 11) is 0. The van der Waals surface area contributed by atoms with Crippen LogP contribution in [0, 0.1) is 5.82 Å². The summed E-state index contributed by atoms with van der Waals surface area (Å²) in [4.78, 5) is 23.0. The molecule has 0 fully saturated rings. The molecule has 1 atom stereocenters. The van der Waals surface area contributed by atoms with E-state index in [-0.39, 0.29) is 24.4 Å². The molecule has 1 aromatic carbocycles. The van der Waals surface area contributed by atoms with Gasteiger partial charge in [-0.3, -0.25) is 4.79 Å². The second kappa shape index (κ2) is 7.26. The van der Waals surface area contributed by atoms with Gasteiger partial charge in [-0.15, -0.1) is 0 Å². The number of amides is 3. The molecule has 22 heavy (non-hydrogen) atoms. The third kappa shape index (κ3) is 4.34. The van der Waals surface area contributed by atoms with Gasteiger partial charge in [-0.05, 0) is 18.2 Å². The van der Waals surface area contributed by atoms with E-state index in [9.17, 15) is 14.0 Å². The maximum absolute atomic E-state index is 13.8. The van der Waals surface area contributed by atoms with Crippen LogP contribution in [0.25, 0.3) is 0 Å². The number of benzene rings is 1. The largest absolute Gasteiger partial charge is 0.467 e. The molecule has 0 aliphatic heterocycles. The first-order valence-corrected chi connectivity index (χ1v) is 6.65. The standard InChI is InChI=1S/C15H16FN3O3/c16-12-6-2-1-5-11(12)13(19-15(17)21)8-14(20)18-9-10-4-3-7-22-10/h1-7,13H,8-9H2,(H,18,20)(H3,17,19,21)/t13-/m0/s1. The summed E-state index contributed by atoms with van der Waals surface area (Å²) in [5, 5.41) is 5.01. The number of primary amides is 1. The predicted molar refractivity (Wildman–Crippen MR) is 77.0 cm³/mol. The first-order valence-electron chi connectivity index (χ1n) is 6.65. The van der Waals surface area contributed by atoms with Crippen LogP contribution < -0.4 is 16.4 Å². The Morgan fingerprint density at radius 1 is 1.23 bits per heavy atom. The van der Waals surface area contributed by atoms with Gasteiger partial charge < -0.3 is 20.8 Å². The van der Waals surface area contributed by atoms with Gasteiger partial charge in [0.1, 0.15) is 11.6 Å². The predicted octanol–water partition coefficient (Wildman–Crippen LogP) is 1.83. The summed E-state index contributed by atoms with van der Waals surface area (Å²) in [6, 6.07) is 7.66. The molecule has 1 heterocycles. The van der Waals surface area contributed by atoms with E-state index in [1.165, 1.54) is 24.5 Å². The number of carbonyl (C=O) groups excluding carboxylic acids is 2. The summed E-state index contributed by atoms with van der Waals surface area (Å²) in [6.45, 7) is 0.215. The van der Waals surface area contributed by atoms with Crippen molar-refractivity contribution in [2.24, 2.45) is 5.73 Å². The van der Waals surface area contributed by atoms with Crippen molar-refractivity contribution < 1.29 is 18.4 Å². The zero-order valence-electron chi connectivity index (χ0n) is 11.7. The van der Waals surface area contributed by atoms with Crippen LogP contribution in [0.2, 0.25) is 0 Å². The fourth-order valence-electron chi connectivity index (χ4n) is 2.02. The first-order chi connectivity index (χ1) is 10.6. The Morgan fingerprint density at radius 2 is 2.00 bits per heavy atom. The van der Waals surface area contributed by atoms with E-state index in [0.717, 1.165) is 0 Å². The van der Waals surface area contributed by atoms with Crippen molar-refractivity contribution in [3.8, 4) is 0 Å². The Labute approximate surface area is 126 Å². The number of furan rings is 1. The minimum absolute atomic E-state index is 0.134. The van der Waals surface area contributed by atoms with E-state index in [1.807, 2.05) is 0 Å². The van der Waals surface area contributed by atoms with Crippen molar-refractivity contribution in [1.29, 1.82) is 0 Å². The van der Waals surface area contributed by atoms with Crippen molar-refractivity contribution in [3.05, 3.63) is 59.8 Å². The van der Waals surface area contributed by atoms with Gasteiger partial charge in [0.25, 0.3) is 0 Å². The highest BCUT2D eigenvalue weighted by atomic mass is 19.1. The zero-order valence-corrected chi connectivity index (χ0v) is 11.7. The number of rotatable bonds is 6. The maximum atomic E-state index is 13.8. The van der Waals surface area contributed by atoms with Crippen LogP contribution in [-0.2, 0) is 11.3 Å². The fraction of sp³-hybridized carbons (Fsp3) is 0.200. The summed E-state index contributed by atoms with van der Waals surface area (Å²) >= 11 is 0. The van der Waals surface area contributed by atoms with Crippen LogP contribution in [0.3, 0.4) is 0 Å². The number of hydrogen-bond donors (Lipinski definition) is 3. The van der Waals surface area contributed by atoms with Gasteiger partial charge in [-0.1, -0.05) is 18.2 Å². The lowest BCUT2D eigenvalue weighted by atomic mass is 10.0. The number of hydrogen-bond acceptors (Lipinski definition) is 3. The second-order valence-corrected chi connectivity index (χ2v) is 4.64. The van der Waals surface area contributed by atoms with Gasteiger partial charge in [0, 0.05) is 5.56 Å². The molecular weight excluding hydrogens is 289 g/mol. The number of nitrogens with two attached hydrogens (primary N) is 1. The van der Waals surface area contributed by atoms with Gasteiger partial charge in [0.2, 0.25) is 5.91 Å². The molecule has 0 bridgehead atoms. The minimum atomic E-state index is -0.838. The van der Waals surface area contributed by atoms with Gasteiger partial charge in [-0.25, -0.2) is 9.18 Å². The molecule has 0 saturated heterocycles. The lowest BCUT2D eigenvalue weighted by molar-refractivity contribution is -0.121. The Kier molecular flexibility index (Phi) is 5.13. The smallest absolute Gasteiger partial charge is 0.312 e. The first kappa shape index (κ1) is 15.6. The van der Waals surface area contributed by atoms with Crippen LogP contribution in [0.5, 0.6) is 0 Å². The van der Waals surface area contributed by atoms with E-state index < -0.39 is 17.9 Å². The van der Waals surface area contributed by atoms with Gasteiger partial charge in [0.05, 0.1) is 25.3 Å². The van der Waals surface area contributed by atoms with Crippen molar-refractivity contribution in [3.63, 3.8) is 0 Å². The van der Waals surface area contributed by atoms with Gasteiger partial charge in [-0.2, -0.15) is 0 Å². The third-order valence-corrected chi connectivity index (χ3v) is 3.03. The van der Waals surface area contributed by atoms with Crippen molar-refractivity contribution in [1.82, 2.24) is 10.6 Å². The second-order valence-electron chi connectivity index (χ2n) is 4.64. The maximum Gasteiger partial charge on any atom is 0.312 e. The van der Waals surface area contributed by atoms with Crippen LogP contribution in [-0.4, -0.2) is 11.9 Å². The van der Waals surface area contributed by atoms with Crippen LogP contribution in [0.15, 0.2) is 47.1 Å². The fourth-order valence-corrected chi connectivity index (χ4v) is 2.02. The summed E-state index contributed by atoms with van der Waals surface area (Å²) < 4.78 is 18.9. The third-order valence-electron chi connectivity index (χ3n) is 3.03. The van der Waals surface area contributed by atoms with Crippen LogP contribution in [0.1, 0.15) is 23.8 Å². The molecule has 2 rings (SSSR count).